The maximum absolute atomic E-state index is 12.4. The van der Waals surface area contributed by atoms with Crippen molar-refractivity contribution in [1.29, 1.82) is 0 Å². The van der Waals surface area contributed by atoms with Gasteiger partial charge in [-0.3, -0.25) is 9.59 Å². The molecule has 158 valence electrons. The zero-order chi connectivity index (χ0) is 22.0. The van der Waals surface area contributed by atoms with Crippen LogP contribution in [0.25, 0.3) is 11.1 Å². The van der Waals surface area contributed by atoms with E-state index in [0.29, 0.717) is 46.8 Å². The Morgan fingerprint density at radius 1 is 1.07 bits per heavy atom. The van der Waals surface area contributed by atoms with Gasteiger partial charge in [0, 0.05) is 12.5 Å². The van der Waals surface area contributed by atoms with E-state index in [1.54, 1.807) is 6.07 Å². The lowest BCUT2D eigenvalue weighted by molar-refractivity contribution is -0.119. The van der Waals surface area contributed by atoms with Crippen LogP contribution in [0.5, 0.6) is 17.2 Å². The molecule has 1 amide bonds. The number of benzene rings is 1. The van der Waals surface area contributed by atoms with Gasteiger partial charge in [0.15, 0.2) is 16.9 Å². The number of carboxylic acid groups (broad SMARTS) is 1. The van der Waals surface area contributed by atoms with Crippen LogP contribution < -0.4 is 25.0 Å². The van der Waals surface area contributed by atoms with Crippen LogP contribution in [0.15, 0.2) is 29.1 Å². The molecule has 0 saturated heterocycles. The van der Waals surface area contributed by atoms with E-state index in [1.807, 2.05) is 6.07 Å². The maximum atomic E-state index is 12.4. The van der Waals surface area contributed by atoms with E-state index in [9.17, 15) is 19.5 Å². The van der Waals surface area contributed by atoms with E-state index in [0.717, 1.165) is 5.56 Å². The zero-order valence-electron chi connectivity index (χ0n) is 17.2. The smallest absolute Gasteiger partial charge is 0.339 e. The van der Waals surface area contributed by atoms with Crippen LogP contribution in [0.4, 0.5) is 0 Å². The van der Waals surface area contributed by atoms with Gasteiger partial charge in [-0.05, 0) is 53.8 Å². The van der Waals surface area contributed by atoms with Crippen LogP contribution in [0.2, 0.25) is 0 Å². The summed E-state index contributed by atoms with van der Waals surface area (Å²) >= 11 is 0. The molecule has 1 atom stereocenters. The Balaban J connectivity index is 2.45. The van der Waals surface area contributed by atoms with Gasteiger partial charge in [-0.25, -0.2) is 4.79 Å². The van der Waals surface area contributed by atoms with Gasteiger partial charge in [-0.1, -0.05) is 0 Å². The number of amides is 1. The highest BCUT2D eigenvalue weighted by atomic mass is 16.5. The third kappa shape index (κ3) is 3.68. The van der Waals surface area contributed by atoms with E-state index in [1.165, 1.54) is 40.4 Å². The van der Waals surface area contributed by atoms with Crippen molar-refractivity contribution in [2.75, 3.05) is 21.3 Å². The fourth-order valence-corrected chi connectivity index (χ4v) is 3.88. The van der Waals surface area contributed by atoms with Crippen LogP contribution in [0.3, 0.4) is 0 Å². The standard InChI is InChI=1S/C22H23NO7/c1-11(24)23-16-7-5-12-9-18(28-2)20(29-3)21(30-4)19(12)13-6-8-17(25)15(22(26)27)10-14(13)16/h6,8-10,16H,5,7H2,1-4H3,(H,23,24)(H,26,27). The first-order valence-electron chi connectivity index (χ1n) is 9.33. The third-order valence-electron chi connectivity index (χ3n) is 5.14. The van der Waals surface area contributed by atoms with Crippen LogP contribution in [0, 0.1) is 0 Å². The predicted molar refractivity (Wildman–Crippen MR) is 110 cm³/mol. The molecule has 1 unspecified atom stereocenters. The summed E-state index contributed by atoms with van der Waals surface area (Å²) in [4.78, 5) is 35.9. The highest BCUT2D eigenvalue weighted by molar-refractivity contribution is 5.89. The quantitative estimate of drug-likeness (QED) is 0.775. The maximum Gasteiger partial charge on any atom is 0.339 e. The van der Waals surface area contributed by atoms with Gasteiger partial charge >= 0.3 is 5.97 Å². The number of carbonyl (C=O) groups is 2. The van der Waals surface area contributed by atoms with Crippen molar-refractivity contribution in [1.82, 2.24) is 5.32 Å². The average Bonchev–Trinajstić information content (AvgIpc) is 2.96. The lowest BCUT2D eigenvalue weighted by Gasteiger charge is -2.19. The van der Waals surface area contributed by atoms with Crippen molar-refractivity contribution in [3.05, 3.63) is 51.2 Å². The molecule has 30 heavy (non-hydrogen) atoms. The molecule has 8 nitrogen and oxygen atoms in total. The first-order chi connectivity index (χ1) is 14.3. The second-order valence-electron chi connectivity index (χ2n) is 6.90. The van der Waals surface area contributed by atoms with E-state index >= 15 is 0 Å². The Morgan fingerprint density at radius 2 is 1.77 bits per heavy atom. The second kappa shape index (κ2) is 8.44. The molecule has 3 rings (SSSR count). The number of carboxylic acids is 1. The van der Waals surface area contributed by atoms with Gasteiger partial charge < -0.3 is 24.6 Å². The van der Waals surface area contributed by atoms with Gasteiger partial charge in [0.05, 0.1) is 27.4 Å². The molecule has 0 radical (unpaired) electrons. The number of nitrogens with one attached hydrogen (secondary N) is 1. The Kier molecular flexibility index (Phi) is 5.96. The van der Waals surface area contributed by atoms with Crippen molar-refractivity contribution in [2.24, 2.45) is 0 Å². The number of hydrogen-bond acceptors (Lipinski definition) is 6. The minimum absolute atomic E-state index is 0.259. The molecule has 0 aliphatic heterocycles. The van der Waals surface area contributed by atoms with Crippen molar-refractivity contribution < 1.29 is 28.9 Å². The molecule has 0 saturated carbocycles. The first kappa shape index (κ1) is 21.2. The van der Waals surface area contributed by atoms with Gasteiger partial charge in [0.1, 0.15) is 5.56 Å². The molecule has 8 heteroatoms. The number of rotatable bonds is 5. The summed E-state index contributed by atoms with van der Waals surface area (Å²) < 4.78 is 16.6. The lowest BCUT2D eigenvalue weighted by Crippen LogP contribution is -2.26. The topological polar surface area (TPSA) is 111 Å². The molecule has 1 aliphatic carbocycles. The van der Waals surface area contributed by atoms with Crippen LogP contribution in [0.1, 0.15) is 40.9 Å². The fourth-order valence-electron chi connectivity index (χ4n) is 3.88. The third-order valence-corrected chi connectivity index (χ3v) is 5.14. The monoisotopic (exact) mass is 413 g/mol. The number of methoxy groups -OCH3 is 3. The molecular weight excluding hydrogens is 390 g/mol. The fraction of sp³-hybridized carbons (Fsp3) is 0.318. The molecule has 0 bridgehead atoms. The molecular formula is C22H23NO7. The number of ether oxygens (including phenoxy) is 3. The van der Waals surface area contributed by atoms with E-state index < -0.39 is 17.4 Å². The number of fused-ring (bicyclic) bond motifs is 3. The Hall–Kier alpha value is -3.55. The normalized spacial score (nSPS) is 14.6. The molecule has 1 aliphatic rings. The summed E-state index contributed by atoms with van der Waals surface area (Å²) in [5.74, 6) is -0.306. The largest absolute Gasteiger partial charge is 0.493 e. The zero-order valence-corrected chi connectivity index (χ0v) is 17.2. The summed E-state index contributed by atoms with van der Waals surface area (Å²) in [5.41, 5.74) is 1.66. The lowest BCUT2D eigenvalue weighted by atomic mass is 9.95. The van der Waals surface area contributed by atoms with Gasteiger partial charge in [0.25, 0.3) is 0 Å². The average molecular weight is 413 g/mol. The number of carbonyl (C=O) groups excluding carboxylic acids is 1. The minimum Gasteiger partial charge on any atom is -0.493 e. The van der Waals surface area contributed by atoms with E-state index in [-0.39, 0.29) is 11.5 Å². The number of aryl methyl sites for hydroxylation is 1. The molecule has 0 fully saturated rings. The summed E-state index contributed by atoms with van der Waals surface area (Å²) in [5, 5.41) is 12.4. The predicted octanol–water partition coefficient (Wildman–Crippen LogP) is 2.56. The number of hydrogen-bond donors (Lipinski definition) is 2. The minimum atomic E-state index is -1.33. The highest BCUT2D eigenvalue weighted by Gasteiger charge is 2.29. The molecule has 0 spiro atoms. The molecule has 2 N–H and O–H groups in total. The first-order valence-corrected chi connectivity index (χ1v) is 9.33. The van der Waals surface area contributed by atoms with Crippen LogP contribution >= 0.6 is 0 Å². The highest BCUT2D eigenvalue weighted by Crippen LogP contribution is 2.50. The Morgan fingerprint density at radius 3 is 2.33 bits per heavy atom. The van der Waals surface area contributed by atoms with Crippen molar-refractivity contribution >= 4 is 11.9 Å². The SMILES string of the molecule is COc1cc2c(c(OC)c1OC)-c1ccc(=O)c(C(=O)O)cc1C(NC(C)=O)CC2. The Bertz CT molecular complexity index is 1080. The summed E-state index contributed by atoms with van der Waals surface area (Å²) in [6.45, 7) is 1.39. The second-order valence-corrected chi connectivity index (χ2v) is 6.90. The number of aromatic carboxylic acids is 1. The van der Waals surface area contributed by atoms with E-state index in [2.05, 4.69) is 5.32 Å². The molecule has 0 aromatic heterocycles. The Labute approximate surface area is 173 Å². The molecule has 2 aromatic rings. The van der Waals surface area contributed by atoms with Crippen molar-refractivity contribution in [3.8, 4) is 28.4 Å². The molecule has 0 heterocycles. The summed E-state index contributed by atoms with van der Waals surface area (Å²) in [6.07, 6.45) is 1.05. The summed E-state index contributed by atoms with van der Waals surface area (Å²) in [6, 6.07) is 5.47. The van der Waals surface area contributed by atoms with Gasteiger partial charge in [0.2, 0.25) is 11.7 Å². The van der Waals surface area contributed by atoms with Gasteiger partial charge in [-0.2, -0.15) is 0 Å². The molecule has 2 aromatic carbocycles. The van der Waals surface area contributed by atoms with Gasteiger partial charge in [-0.15, -0.1) is 0 Å². The van der Waals surface area contributed by atoms with Crippen LogP contribution in [-0.4, -0.2) is 38.3 Å². The van der Waals surface area contributed by atoms with E-state index in [4.69, 9.17) is 14.2 Å². The summed E-state index contributed by atoms with van der Waals surface area (Å²) in [7, 11) is 4.52. The van der Waals surface area contributed by atoms with Crippen molar-refractivity contribution in [3.63, 3.8) is 0 Å². The van der Waals surface area contributed by atoms with Crippen LogP contribution in [-0.2, 0) is 11.2 Å². The van der Waals surface area contributed by atoms with Crippen molar-refractivity contribution in [2.45, 2.75) is 25.8 Å².